The van der Waals surface area contributed by atoms with Crippen LogP contribution in [0.4, 0.5) is 13.2 Å². The number of benzene rings is 2. The van der Waals surface area contributed by atoms with E-state index in [1.54, 1.807) is 6.07 Å². The first kappa shape index (κ1) is 19.0. The number of ether oxygens (including phenoxy) is 1. The topological polar surface area (TPSA) is 64.4 Å². The van der Waals surface area contributed by atoms with Crippen LogP contribution in [0.5, 0.6) is 5.75 Å². The molecule has 1 atom stereocenters. The van der Waals surface area contributed by atoms with Crippen LogP contribution in [0.25, 0.3) is 11.3 Å². The Hall–Kier alpha value is -3.29. The van der Waals surface area contributed by atoms with E-state index in [0.29, 0.717) is 11.5 Å². The second kappa shape index (κ2) is 7.27. The van der Waals surface area contributed by atoms with Crippen LogP contribution >= 0.6 is 0 Å². The minimum atomic E-state index is -4.50. The van der Waals surface area contributed by atoms with Gasteiger partial charge in [0.15, 0.2) is 5.76 Å². The summed E-state index contributed by atoms with van der Waals surface area (Å²) in [5.74, 6) is 0.773. The van der Waals surface area contributed by atoms with Crippen molar-refractivity contribution in [3.8, 4) is 17.1 Å². The van der Waals surface area contributed by atoms with Crippen LogP contribution in [0.2, 0.25) is 0 Å². The highest BCUT2D eigenvalue weighted by molar-refractivity contribution is 5.94. The average Bonchev–Trinajstić information content (AvgIpc) is 3.30. The zero-order chi connectivity index (χ0) is 20.6. The molecule has 1 N–H and O–H groups in total. The SMILES string of the molecule is CC1Cc2cc(-c3cc(CNC(=O)c4cccc(C(F)(F)F)c4)no3)ccc2O1. The highest BCUT2D eigenvalue weighted by atomic mass is 19.4. The second-order valence-electron chi connectivity index (χ2n) is 6.90. The van der Waals surface area contributed by atoms with E-state index >= 15 is 0 Å². The van der Waals surface area contributed by atoms with E-state index < -0.39 is 17.6 Å². The molecule has 0 fully saturated rings. The number of amides is 1. The molecule has 1 aliphatic heterocycles. The molecule has 0 saturated heterocycles. The van der Waals surface area contributed by atoms with Gasteiger partial charge in [-0.05, 0) is 48.9 Å². The highest BCUT2D eigenvalue weighted by Gasteiger charge is 2.30. The van der Waals surface area contributed by atoms with E-state index in [1.807, 2.05) is 25.1 Å². The van der Waals surface area contributed by atoms with E-state index in [4.69, 9.17) is 9.26 Å². The van der Waals surface area contributed by atoms with Gasteiger partial charge in [-0.25, -0.2) is 0 Å². The predicted octanol–water partition coefficient (Wildman–Crippen LogP) is 4.61. The largest absolute Gasteiger partial charge is 0.490 e. The number of aromatic nitrogens is 1. The molecule has 1 amide bonds. The fourth-order valence-electron chi connectivity index (χ4n) is 3.22. The first-order valence-electron chi connectivity index (χ1n) is 9.00. The minimum Gasteiger partial charge on any atom is -0.490 e. The van der Waals surface area contributed by atoms with Crippen LogP contribution in [0.15, 0.2) is 53.1 Å². The molecule has 150 valence electrons. The highest BCUT2D eigenvalue weighted by Crippen LogP contribution is 2.33. The number of alkyl halides is 3. The summed E-state index contributed by atoms with van der Waals surface area (Å²) >= 11 is 0. The molecule has 0 saturated carbocycles. The molecular weight excluding hydrogens is 385 g/mol. The molecule has 1 aromatic heterocycles. The lowest BCUT2D eigenvalue weighted by atomic mass is 10.1. The summed E-state index contributed by atoms with van der Waals surface area (Å²) in [5, 5.41) is 6.48. The normalized spacial score (nSPS) is 15.7. The number of carbonyl (C=O) groups is 1. The van der Waals surface area contributed by atoms with Crippen LogP contribution in [0.1, 0.15) is 34.1 Å². The van der Waals surface area contributed by atoms with Crippen LogP contribution < -0.4 is 10.1 Å². The number of halogens is 3. The Labute approximate surface area is 164 Å². The van der Waals surface area contributed by atoms with Crippen molar-refractivity contribution in [1.82, 2.24) is 10.5 Å². The van der Waals surface area contributed by atoms with Gasteiger partial charge in [-0.2, -0.15) is 13.2 Å². The molecule has 0 bridgehead atoms. The van der Waals surface area contributed by atoms with Crippen molar-refractivity contribution in [2.75, 3.05) is 0 Å². The monoisotopic (exact) mass is 402 g/mol. The number of nitrogens with zero attached hydrogens (tertiary/aromatic N) is 1. The van der Waals surface area contributed by atoms with Gasteiger partial charge in [0.05, 0.1) is 12.1 Å². The number of hydrogen-bond acceptors (Lipinski definition) is 4. The van der Waals surface area contributed by atoms with Gasteiger partial charge in [-0.15, -0.1) is 0 Å². The van der Waals surface area contributed by atoms with Crippen molar-refractivity contribution in [1.29, 1.82) is 0 Å². The Morgan fingerprint density at radius 1 is 1.21 bits per heavy atom. The van der Waals surface area contributed by atoms with Crippen LogP contribution in [0.3, 0.4) is 0 Å². The lowest BCUT2D eigenvalue weighted by Crippen LogP contribution is -2.23. The first-order valence-corrected chi connectivity index (χ1v) is 9.00. The third-order valence-electron chi connectivity index (χ3n) is 4.62. The maximum Gasteiger partial charge on any atom is 0.416 e. The third-order valence-corrected chi connectivity index (χ3v) is 4.62. The molecule has 2 heterocycles. The van der Waals surface area contributed by atoms with E-state index in [1.165, 1.54) is 12.1 Å². The first-order chi connectivity index (χ1) is 13.8. The minimum absolute atomic E-state index is 0.0314. The Morgan fingerprint density at radius 3 is 2.83 bits per heavy atom. The summed E-state index contributed by atoms with van der Waals surface area (Å²) in [4.78, 5) is 12.2. The van der Waals surface area contributed by atoms with Gasteiger partial charge in [-0.3, -0.25) is 4.79 Å². The fourth-order valence-corrected chi connectivity index (χ4v) is 3.22. The van der Waals surface area contributed by atoms with Crippen molar-refractivity contribution in [2.24, 2.45) is 0 Å². The summed E-state index contributed by atoms with van der Waals surface area (Å²) in [6, 6.07) is 11.7. The molecular formula is C21H17F3N2O3. The molecule has 3 aromatic rings. The van der Waals surface area contributed by atoms with E-state index in [2.05, 4.69) is 10.5 Å². The fraction of sp³-hybridized carbons (Fsp3) is 0.238. The molecule has 5 nitrogen and oxygen atoms in total. The van der Waals surface area contributed by atoms with Crippen molar-refractivity contribution in [3.05, 3.63) is 70.9 Å². The number of hydrogen-bond donors (Lipinski definition) is 1. The lowest BCUT2D eigenvalue weighted by molar-refractivity contribution is -0.137. The van der Waals surface area contributed by atoms with Gasteiger partial charge in [0, 0.05) is 23.6 Å². The van der Waals surface area contributed by atoms with Crippen molar-refractivity contribution in [3.63, 3.8) is 0 Å². The molecule has 29 heavy (non-hydrogen) atoms. The molecule has 1 unspecified atom stereocenters. The van der Waals surface area contributed by atoms with Crippen LogP contribution in [-0.2, 0) is 19.1 Å². The molecule has 8 heteroatoms. The Balaban J connectivity index is 1.43. The van der Waals surface area contributed by atoms with E-state index in [-0.39, 0.29) is 18.2 Å². The van der Waals surface area contributed by atoms with Gasteiger partial charge < -0.3 is 14.6 Å². The zero-order valence-electron chi connectivity index (χ0n) is 15.4. The van der Waals surface area contributed by atoms with Crippen molar-refractivity contribution >= 4 is 5.91 Å². The number of nitrogens with one attached hydrogen (secondary N) is 1. The molecule has 2 aromatic carbocycles. The van der Waals surface area contributed by atoms with E-state index in [0.717, 1.165) is 35.4 Å². The Morgan fingerprint density at radius 2 is 2.03 bits per heavy atom. The summed E-state index contributed by atoms with van der Waals surface area (Å²) in [7, 11) is 0. The number of fused-ring (bicyclic) bond motifs is 1. The smallest absolute Gasteiger partial charge is 0.416 e. The Kier molecular flexibility index (Phi) is 4.77. The summed E-state index contributed by atoms with van der Waals surface area (Å²) in [6.07, 6.45) is -3.55. The third kappa shape index (κ3) is 4.11. The van der Waals surface area contributed by atoms with Gasteiger partial charge in [-0.1, -0.05) is 11.2 Å². The maximum absolute atomic E-state index is 12.8. The summed E-state index contributed by atoms with van der Waals surface area (Å²) in [5.41, 5.74) is 1.45. The van der Waals surface area contributed by atoms with Crippen molar-refractivity contribution in [2.45, 2.75) is 32.2 Å². The van der Waals surface area contributed by atoms with Gasteiger partial charge in [0.2, 0.25) is 0 Å². The van der Waals surface area contributed by atoms with Gasteiger partial charge in [0.1, 0.15) is 17.5 Å². The van der Waals surface area contributed by atoms with Crippen LogP contribution in [-0.4, -0.2) is 17.2 Å². The quantitative estimate of drug-likeness (QED) is 0.692. The average molecular weight is 402 g/mol. The molecule has 4 rings (SSSR count). The lowest BCUT2D eigenvalue weighted by Gasteiger charge is -2.08. The van der Waals surface area contributed by atoms with Gasteiger partial charge >= 0.3 is 6.18 Å². The van der Waals surface area contributed by atoms with E-state index in [9.17, 15) is 18.0 Å². The van der Waals surface area contributed by atoms with Crippen molar-refractivity contribution < 1.29 is 27.2 Å². The zero-order valence-corrected chi connectivity index (χ0v) is 15.4. The van der Waals surface area contributed by atoms with Crippen LogP contribution in [0, 0.1) is 0 Å². The summed E-state index contributed by atoms with van der Waals surface area (Å²) < 4.78 is 49.4. The molecule has 0 aliphatic carbocycles. The number of carbonyl (C=O) groups excluding carboxylic acids is 1. The number of rotatable bonds is 4. The standard InChI is InChI=1S/C21H17F3N2O3/c1-12-7-15-8-13(5-6-18(15)28-12)19-10-17(26-29-19)11-25-20(27)14-3-2-4-16(9-14)21(22,23)24/h2-6,8-10,12H,7,11H2,1H3,(H,25,27). The molecule has 0 radical (unpaired) electrons. The maximum atomic E-state index is 12.8. The Bertz CT molecular complexity index is 1060. The second-order valence-corrected chi connectivity index (χ2v) is 6.90. The molecule has 1 aliphatic rings. The summed E-state index contributed by atoms with van der Waals surface area (Å²) in [6.45, 7) is 2.03. The predicted molar refractivity (Wildman–Crippen MR) is 98.3 cm³/mol. The van der Waals surface area contributed by atoms with Gasteiger partial charge in [0.25, 0.3) is 5.91 Å². The molecule has 0 spiro atoms.